The molecule has 0 aromatic rings. The zero-order chi connectivity index (χ0) is 13.5. The second-order valence-corrected chi connectivity index (χ2v) is 7.88. The second kappa shape index (κ2) is 6.92. The average molecular weight is 287 g/mol. The van der Waals surface area contributed by atoms with E-state index in [1.165, 1.54) is 0 Å². The molecule has 0 aromatic heterocycles. The SMILES string of the molecule is CS(=O)(=O)CCCNS(=O)(=O)CCCC(=O)O. The van der Waals surface area contributed by atoms with Gasteiger partial charge in [0.25, 0.3) is 0 Å². The minimum Gasteiger partial charge on any atom is -0.481 e. The first-order valence-corrected chi connectivity index (χ1v) is 8.70. The van der Waals surface area contributed by atoms with E-state index >= 15 is 0 Å². The molecule has 0 aromatic carbocycles. The molecule has 0 atom stereocenters. The molecule has 0 unspecified atom stereocenters. The van der Waals surface area contributed by atoms with Crippen LogP contribution in [0.5, 0.6) is 0 Å². The summed E-state index contributed by atoms with van der Waals surface area (Å²) in [6.07, 6.45) is 1.12. The van der Waals surface area contributed by atoms with E-state index in [0.717, 1.165) is 6.26 Å². The highest BCUT2D eigenvalue weighted by Gasteiger charge is 2.11. The van der Waals surface area contributed by atoms with E-state index in [9.17, 15) is 21.6 Å². The molecule has 0 aliphatic carbocycles. The fraction of sp³-hybridized carbons (Fsp3) is 0.875. The van der Waals surface area contributed by atoms with Crippen LogP contribution in [0.3, 0.4) is 0 Å². The molecule has 0 spiro atoms. The van der Waals surface area contributed by atoms with Crippen molar-refractivity contribution in [2.75, 3.05) is 24.3 Å². The summed E-state index contributed by atoms with van der Waals surface area (Å²) in [4.78, 5) is 10.2. The van der Waals surface area contributed by atoms with Crippen LogP contribution in [0, 0.1) is 0 Å². The van der Waals surface area contributed by atoms with Crippen molar-refractivity contribution in [3.8, 4) is 0 Å². The first kappa shape index (κ1) is 16.3. The van der Waals surface area contributed by atoms with Gasteiger partial charge in [0.15, 0.2) is 0 Å². The lowest BCUT2D eigenvalue weighted by atomic mass is 10.3. The number of carbonyl (C=O) groups is 1. The zero-order valence-corrected chi connectivity index (χ0v) is 11.2. The minimum absolute atomic E-state index is 0.0384. The molecule has 0 saturated carbocycles. The van der Waals surface area contributed by atoms with Gasteiger partial charge < -0.3 is 5.11 Å². The standard InChI is InChI=1S/C8H17NO6S2/c1-16(12,13)6-3-5-9-17(14,15)7-2-4-8(10)11/h9H,2-7H2,1H3,(H,10,11). The van der Waals surface area contributed by atoms with E-state index in [1.54, 1.807) is 0 Å². The maximum Gasteiger partial charge on any atom is 0.303 e. The quantitative estimate of drug-likeness (QED) is 0.536. The largest absolute Gasteiger partial charge is 0.481 e. The topological polar surface area (TPSA) is 118 Å². The monoisotopic (exact) mass is 287 g/mol. The van der Waals surface area contributed by atoms with E-state index in [-0.39, 0.29) is 37.3 Å². The predicted molar refractivity (Wildman–Crippen MR) is 63.0 cm³/mol. The first-order valence-electron chi connectivity index (χ1n) is 4.99. The molecule has 102 valence electrons. The van der Waals surface area contributed by atoms with Crippen LogP contribution in [0.2, 0.25) is 0 Å². The molecular weight excluding hydrogens is 270 g/mol. The Morgan fingerprint density at radius 1 is 1.12 bits per heavy atom. The number of sulfone groups is 1. The Labute approximate surface area is 101 Å². The highest BCUT2D eigenvalue weighted by molar-refractivity contribution is 7.90. The molecule has 0 rings (SSSR count). The third kappa shape index (κ3) is 11.6. The lowest BCUT2D eigenvalue weighted by molar-refractivity contribution is -0.137. The summed E-state index contributed by atoms with van der Waals surface area (Å²) in [6, 6.07) is 0. The highest BCUT2D eigenvalue weighted by atomic mass is 32.2. The van der Waals surface area contributed by atoms with Crippen LogP contribution < -0.4 is 4.72 Å². The van der Waals surface area contributed by atoms with Gasteiger partial charge in [-0.1, -0.05) is 0 Å². The Morgan fingerprint density at radius 2 is 1.71 bits per heavy atom. The van der Waals surface area contributed by atoms with Crippen LogP contribution in [0.4, 0.5) is 0 Å². The number of aliphatic carboxylic acids is 1. The maximum atomic E-state index is 11.3. The smallest absolute Gasteiger partial charge is 0.303 e. The average Bonchev–Trinajstić information content (AvgIpc) is 2.10. The third-order valence-electron chi connectivity index (χ3n) is 1.82. The van der Waals surface area contributed by atoms with Crippen LogP contribution in [-0.2, 0) is 24.7 Å². The zero-order valence-electron chi connectivity index (χ0n) is 9.55. The van der Waals surface area contributed by atoms with E-state index < -0.39 is 25.8 Å². The van der Waals surface area contributed by atoms with Gasteiger partial charge >= 0.3 is 5.97 Å². The van der Waals surface area contributed by atoms with Gasteiger partial charge in [-0.2, -0.15) is 0 Å². The van der Waals surface area contributed by atoms with Crippen molar-refractivity contribution in [3.05, 3.63) is 0 Å². The molecule has 0 amide bonds. The number of nitrogens with one attached hydrogen (secondary N) is 1. The van der Waals surface area contributed by atoms with Crippen molar-refractivity contribution in [3.63, 3.8) is 0 Å². The molecule has 0 bridgehead atoms. The lowest BCUT2D eigenvalue weighted by Crippen LogP contribution is -2.28. The Morgan fingerprint density at radius 3 is 2.18 bits per heavy atom. The van der Waals surface area contributed by atoms with Gasteiger partial charge in [0.05, 0.1) is 11.5 Å². The van der Waals surface area contributed by atoms with Crippen LogP contribution in [0.1, 0.15) is 19.3 Å². The number of rotatable bonds is 9. The van der Waals surface area contributed by atoms with Gasteiger partial charge in [-0.05, 0) is 12.8 Å². The Hall–Kier alpha value is -0.670. The number of carboxylic acid groups (broad SMARTS) is 1. The number of sulfonamides is 1. The van der Waals surface area contributed by atoms with E-state index in [4.69, 9.17) is 5.11 Å². The van der Waals surface area contributed by atoms with Crippen molar-refractivity contribution in [2.24, 2.45) is 0 Å². The molecule has 17 heavy (non-hydrogen) atoms. The molecule has 2 N–H and O–H groups in total. The molecule has 9 heteroatoms. The van der Waals surface area contributed by atoms with Crippen molar-refractivity contribution in [1.29, 1.82) is 0 Å². The number of carboxylic acids is 1. The second-order valence-electron chi connectivity index (χ2n) is 3.69. The summed E-state index contributed by atoms with van der Waals surface area (Å²) in [7, 11) is -6.59. The van der Waals surface area contributed by atoms with E-state index in [0.29, 0.717) is 0 Å². The molecule has 0 aliphatic rings. The van der Waals surface area contributed by atoms with Crippen molar-refractivity contribution in [1.82, 2.24) is 4.72 Å². The van der Waals surface area contributed by atoms with Gasteiger partial charge in [0, 0.05) is 19.2 Å². The van der Waals surface area contributed by atoms with Crippen LogP contribution in [0.15, 0.2) is 0 Å². The molecule has 0 saturated heterocycles. The Kier molecular flexibility index (Phi) is 6.65. The van der Waals surface area contributed by atoms with Crippen LogP contribution >= 0.6 is 0 Å². The van der Waals surface area contributed by atoms with Crippen molar-refractivity contribution >= 4 is 25.8 Å². The molecule has 7 nitrogen and oxygen atoms in total. The van der Waals surface area contributed by atoms with Gasteiger partial charge in [-0.3, -0.25) is 4.79 Å². The first-order chi connectivity index (χ1) is 7.62. The molecule has 0 heterocycles. The van der Waals surface area contributed by atoms with E-state index in [2.05, 4.69) is 4.72 Å². The summed E-state index contributed by atoms with van der Waals surface area (Å²) in [5.41, 5.74) is 0. The molecule has 0 radical (unpaired) electrons. The summed E-state index contributed by atoms with van der Waals surface area (Å²) < 4.78 is 46.3. The Balaban J connectivity index is 3.83. The predicted octanol–water partition coefficient (Wildman–Crippen LogP) is -0.795. The number of hydrogen-bond acceptors (Lipinski definition) is 5. The fourth-order valence-corrected chi connectivity index (χ4v) is 2.84. The van der Waals surface area contributed by atoms with Gasteiger partial charge in [0.2, 0.25) is 10.0 Å². The normalized spacial score (nSPS) is 12.5. The summed E-state index contributed by atoms with van der Waals surface area (Å²) in [5.74, 6) is -1.39. The maximum absolute atomic E-state index is 11.3. The van der Waals surface area contributed by atoms with Gasteiger partial charge in [0.1, 0.15) is 9.84 Å². The molecule has 0 aliphatic heterocycles. The molecule has 0 fully saturated rings. The van der Waals surface area contributed by atoms with Crippen LogP contribution in [-0.4, -0.2) is 52.2 Å². The Bertz CT molecular complexity index is 439. The minimum atomic E-state index is -3.50. The number of hydrogen-bond donors (Lipinski definition) is 2. The van der Waals surface area contributed by atoms with Crippen molar-refractivity contribution < 1.29 is 26.7 Å². The summed E-state index contributed by atoms with van der Waals surface area (Å²) in [6.45, 7) is 0.0441. The van der Waals surface area contributed by atoms with E-state index in [1.807, 2.05) is 0 Å². The van der Waals surface area contributed by atoms with Gasteiger partial charge in [-0.25, -0.2) is 21.6 Å². The van der Waals surface area contributed by atoms with Crippen LogP contribution in [0.25, 0.3) is 0 Å². The third-order valence-corrected chi connectivity index (χ3v) is 4.32. The fourth-order valence-electron chi connectivity index (χ4n) is 1.05. The summed E-state index contributed by atoms with van der Waals surface area (Å²) in [5, 5.41) is 8.33. The van der Waals surface area contributed by atoms with Crippen molar-refractivity contribution in [2.45, 2.75) is 19.3 Å². The lowest BCUT2D eigenvalue weighted by Gasteiger charge is -2.05. The molecular formula is C8H17NO6S2. The summed E-state index contributed by atoms with van der Waals surface area (Å²) >= 11 is 0. The highest BCUT2D eigenvalue weighted by Crippen LogP contribution is 1.95. The van der Waals surface area contributed by atoms with Gasteiger partial charge in [-0.15, -0.1) is 0 Å².